The molecule has 0 radical (unpaired) electrons. The summed E-state index contributed by atoms with van der Waals surface area (Å²) in [5.74, 6) is 3.43. The van der Waals surface area contributed by atoms with Crippen LogP contribution in [0.25, 0.3) is 0 Å². The lowest BCUT2D eigenvalue weighted by Crippen LogP contribution is -2.45. The van der Waals surface area contributed by atoms with Gasteiger partial charge in [0.15, 0.2) is 0 Å². The first kappa shape index (κ1) is 14.4. The molecule has 0 amide bonds. The van der Waals surface area contributed by atoms with E-state index in [0.29, 0.717) is 12.6 Å². The quantitative estimate of drug-likeness (QED) is 0.840. The zero-order valence-corrected chi connectivity index (χ0v) is 12.6. The van der Waals surface area contributed by atoms with Crippen molar-refractivity contribution in [1.29, 1.82) is 0 Å². The fourth-order valence-corrected chi connectivity index (χ4v) is 3.57. The second-order valence-electron chi connectivity index (χ2n) is 6.03. The minimum absolute atomic E-state index is 0.331. The summed E-state index contributed by atoms with van der Waals surface area (Å²) in [4.78, 5) is 2.65. The summed E-state index contributed by atoms with van der Waals surface area (Å²) in [5, 5.41) is 3.71. The van der Waals surface area contributed by atoms with Gasteiger partial charge >= 0.3 is 0 Å². The van der Waals surface area contributed by atoms with Gasteiger partial charge in [-0.25, -0.2) is 0 Å². The third kappa shape index (κ3) is 3.58. The summed E-state index contributed by atoms with van der Waals surface area (Å²) in [5.41, 5.74) is 1.20. The molecule has 2 heterocycles. The normalized spacial score (nSPS) is 25.3. The molecule has 1 aromatic carbocycles. The maximum atomic E-state index is 5.61. The van der Waals surface area contributed by atoms with Crippen LogP contribution < -0.4 is 10.1 Å². The van der Waals surface area contributed by atoms with Crippen LogP contribution in [0.5, 0.6) is 5.75 Å². The average molecular weight is 284 g/mol. The third-order valence-electron chi connectivity index (χ3n) is 4.69. The van der Waals surface area contributed by atoms with Crippen molar-refractivity contribution in [3.05, 3.63) is 29.8 Å². The molecule has 1 aromatic rings. The lowest BCUT2D eigenvalue weighted by molar-refractivity contribution is 0.166. The predicted octanol–water partition coefficient (Wildman–Crippen LogP) is 2.42. The minimum atomic E-state index is 0.331. The summed E-state index contributed by atoms with van der Waals surface area (Å²) in [6.45, 7) is 3.74. The van der Waals surface area contributed by atoms with Crippen LogP contribution in [0.3, 0.4) is 0 Å². The Hall–Kier alpha value is -1.50. The monoisotopic (exact) mass is 284 g/mol. The first-order valence-corrected chi connectivity index (χ1v) is 7.98. The highest BCUT2D eigenvalue weighted by Crippen LogP contribution is 2.27. The van der Waals surface area contributed by atoms with E-state index in [0.717, 1.165) is 18.3 Å². The van der Waals surface area contributed by atoms with Gasteiger partial charge in [-0.05, 0) is 44.8 Å². The topological polar surface area (TPSA) is 24.5 Å². The van der Waals surface area contributed by atoms with Gasteiger partial charge in [0.1, 0.15) is 12.4 Å². The first-order chi connectivity index (χ1) is 10.4. The molecule has 3 heteroatoms. The maximum absolute atomic E-state index is 5.61. The number of hydrogen-bond donors (Lipinski definition) is 1. The van der Waals surface area contributed by atoms with E-state index in [9.17, 15) is 0 Å². The predicted molar refractivity (Wildman–Crippen MR) is 85.2 cm³/mol. The van der Waals surface area contributed by atoms with Crippen molar-refractivity contribution in [2.24, 2.45) is 0 Å². The van der Waals surface area contributed by atoms with E-state index in [-0.39, 0.29) is 0 Å². The standard InChI is InChI=1S/C18H24N2O/c1-2-12-21-18-8-4-3-6-15(18)14-19-16-9-11-20-10-5-7-17(20)13-16/h1,3-4,6,8,16-17,19H,5,7,9-14H2. The van der Waals surface area contributed by atoms with Crippen molar-refractivity contribution in [2.45, 2.75) is 44.3 Å². The zero-order chi connectivity index (χ0) is 14.5. The minimum Gasteiger partial charge on any atom is -0.481 e. The molecule has 112 valence electrons. The Bertz CT molecular complexity index is 508. The number of nitrogens with zero attached hydrogens (tertiary/aromatic N) is 1. The van der Waals surface area contributed by atoms with E-state index in [4.69, 9.17) is 11.2 Å². The summed E-state index contributed by atoms with van der Waals surface area (Å²) in [6, 6.07) is 9.60. The molecule has 2 saturated heterocycles. The fraction of sp³-hybridized carbons (Fsp3) is 0.556. The smallest absolute Gasteiger partial charge is 0.148 e. The molecule has 3 nitrogen and oxygen atoms in total. The van der Waals surface area contributed by atoms with Crippen LogP contribution in [-0.4, -0.2) is 36.7 Å². The summed E-state index contributed by atoms with van der Waals surface area (Å²) >= 11 is 0. The third-order valence-corrected chi connectivity index (χ3v) is 4.69. The van der Waals surface area contributed by atoms with Crippen molar-refractivity contribution in [3.63, 3.8) is 0 Å². The highest BCUT2D eigenvalue weighted by atomic mass is 16.5. The zero-order valence-electron chi connectivity index (χ0n) is 12.6. The Balaban J connectivity index is 1.54. The fourth-order valence-electron chi connectivity index (χ4n) is 3.57. The number of hydrogen-bond acceptors (Lipinski definition) is 3. The number of terminal acetylenes is 1. The highest BCUT2D eigenvalue weighted by molar-refractivity contribution is 5.33. The molecule has 2 aliphatic rings. The first-order valence-electron chi connectivity index (χ1n) is 7.98. The molecule has 3 rings (SSSR count). The lowest BCUT2D eigenvalue weighted by Gasteiger charge is -2.35. The van der Waals surface area contributed by atoms with Crippen LogP contribution in [0.2, 0.25) is 0 Å². The molecular weight excluding hydrogens is 260 g/mol. The van der Waals surface area contributed by atoms with E-state index >= 15 is 0 Å². The molecule has 0 spiro atoms. The van der Waals surface area contributed by atoms with Crippen LogP contribution >= 0.6 is 0 Å². The molecule has 2 atom stereocenters. The largest absolute Gasteiger partial charge is 0.481 e. The molecule has 21 heavy (non-hydrogen) atoms. The molecule has 0 aromatic heterocycles. The van der Waals surface area contributed by atoms with Crippen LogP contribution in [-0.2, 0) is 6.54 Å². The molecule has 0 aliphatic carbocycles. The molecule has 1 N–H and O–H groups in total. The Morgan fingerprint density at radius 1 is 1.29 bits per heavy atom. The number of ether oxygens (including phenoxy) is 1. The molecule has 0 bridgehead atoms. The van der Waals surface area contributed by atoms with Crippen molar-refractivity contribution in [1.82, 2.24) is 10.2 Å². The van der Waals surface area contributed by atoms with E-state index in [1.165, 1.54) is 44.3 Å². The van der Waals surface area contributed by atoms with Crippen molar-refractivity contribution in [2.75, 3.05) is 19.7 Å². The van der Waals surface area contributed by atoms with Gasteiger partial charge in [-0.15, -0.1) is 6.42 Å². The Kier molecular flexibility index (Phi) is 4.80. The molecule has 2 unspecified atom stereocenters. The van der Waals surface area contributed by atoms with Crippen molar-refractivity contribution >= 4 is 0 Å². The van der Waals surface area contributed by atoms with E-state index in [2.05, 4.69) is 28.3 Å². The van der Waals surface area contributed by atoms with Gasteiger partial charge in [-0.2, -0.15) is 0 Å². The number of benzene rings is 1. The van der Waals surface area contributed by atoms with Gasteiger partial charge in [-0.3, -0.25) is 0 Å². The summed E-state index contributed by atoms with van der Waals surface area (Å²) in [6.07, 6.45) is 10.6. The van der Waals surface area contributed by atoms with Crippen molar-refractivity contribution in [3.8, 4) is 18.1 Å². The number of fused-ring (bicyclic) bond motifs is 1. The number of para-hydroxylation sites is 1. The van der Waals surface area contributed by atoms with Crippen LogP contribution in [0.4, 0.5) is 0 Å². The maximum Gasteiger partial charge on any atom is 0.148 e. The summed E-state index contributed by atoms with van der Waals surface area (Å²) < 4.78 is 5.61. The lowest BCUT2D eigenvalue weighted by atomic mass is 9.97. The van der Waals surface area contributed by atoms with E-state index in [1.807, 2.05) is 12.1 Å². The number of rotatable bonds is 5. The Morgan fingerprint density at radius 3 is 3.10 bits per heavy atom. The second kappa shape index (κ2) is 6.98. The SMILES string of the molecule is C#CCOc1ccccc1CNC1CCN2CCCC2C1. The second-order valence-corrected chi connectivity index (χ2v) is 6.03. The molecular formula is C18H24N2O. The number of piperidine rings is 1. The Morgan fingerprint density at radius 2 is 2.19 bits per heavy atom. The molecule has 0 saturated carbocycles. The van der Waals surface area contributed by atoms with Gasteiger partial charge in [0.2, 0.25) is 0 Å². The van der Waals surface area contributed by atoms with Crippen molar-refractivity contribution < 1.29 is 4.74 Å². The average Bonchev–Trinajstić information content (AvgIpc) is 2.99. The summed E-state index contributed by atoms with van der Waals surface area (Å²) in [7, 11) is 0. The van der Waals surface area contributed by atoms with Crippen LogP contribution in [0.15, 0.2) is 24.3 Å². The van der Waals surface area contributed by atoms with Gasteiger partial charge in [0.05, 0.1) is 0 Å². The molecule has 2 aliphatic heterocycles. The van der Waals surface area contributed by atoms with E-state index < -0.39 is 0 Å². The van der Waals surface area contributed by atoms with Crippen LogP contribution in [0, 0.1) is 12.3 Å². The van der Waals surface area contributed by atoms with Crippen LogP contribution in [0.1, 0.15) is 31.2 Å². The van der Waals surface area contributed by atoms with Gasteiger partial charge in [0, 0.05) is 24.2 Å². The number of nitrogens with one attached hydrogen (secondary N) is 1. The van der Waals surface area contributed by atoms with Gasteiger partial charge in [0.25, 0.3) is 0 Å². The van der Waals surface area contributed by atoms with E-state index in [1.54, 1.807) is 0 Å². The highest BCUT2D eigenvalue weighted by Gasteiger charge is 2.31. The molecule has 2 fully saturated rings. The van der Waals surface area contributed by atoms with Gasteiger partial charge < -0.3 is 15.0 Å². The Labute approximate surface area is 127 Å². The van der Waals surface area contributed by atoms with Gasteiger partial charge in [-0.1, -0.05) is 24.1 Å².